The van der Waals surface area contributed by atoms with E-state index in [9.17, 15) is 4.79 Å². The van der Waals surface area contributed by atoms with Crippen LogP contribution >= 0.6 is 0 Å². The molecule has 0 fully saturated rings. The predicted octanol–water partition coefficient (Wildman–Crippen LogP) is 1.97. The van der Waals surface area contributed by atoms with Gasteiger partial charge in [-0.25, -0.2) is 4.79 Å². The Balaban J connectivity index is 1.72. The largest absolute Gasteiger partial charge is 0.490 e. The number of benzene rings is 1. The van der Waals surface area contributed by atoms with Gasteiger partial charge in [0.2, 0.25) is 5.76 Å². The minimum Gasteiger partial charge on any atom is -0.490 e. The standard InChI is InChI=1S/C14H15NO4/c15-10-12-6-7-13(19-12)14(16)18-9-8-17-11-4-2-1-3-5-11/h1-7H,8-10,15H2. The minimum absolute atomic E-state index is 0.153. The zero-order valence-electron chi connectivity index (χ0n) is 10.4. The second-order valence-electron chi connectivity index (χ2n) is 3.77. The van der Waals surface area contributed by atoms with Gasteiger partial charge in [0, 0.05) is 0 Å². The third kappa shape index (κ3) is 3.86. The Bertz CT molecular complexity index is 521. The van der Waals surface area contributed by atoms with Crippen molar-refractivity contribution in [1.29, 1.82) is 0 Å². The fourth-order valence-corrected chi connectivity index (χ4v) is 1.48. The lowest BCUT2D eigenvalue weighted by atomic mass is 10.3. The van der Waals surface area contributed by atoms with Gasteiger partial charge in [-0.3, -0.25) is 0 Å². The summed E-state index contributed by atoms with van der Waals surface area (Å²) in [4.78, 5) is 11.6. The summed E-state index contributed by atoms with van der Waals surface area (Å²) in [6.07, 6.45) is 0. The maximum absolute atomic E-state index is 11.6. The SMILES string of the molecule is NCc1ccc(C(=O)OCCOc2ccccc2)o1. The molecule has 1 heterocycles. The molecule has 0 aliphatic carbocycles. The van der Waals surface area contributed by atoms with Crippen LogP contribution in [0.5, 0.6) is 5.75 Å². The van der Waals surface area contributed by atoms with Crippen LogP contribution in [0.4, 0.5) is 0 Å². The summed E-state index contributed by atoms with van der Waals surface area (Å²) in [6, 6.07) is 12.5. The van der Waals surface area contributed by atoms with E-state index in [1.165, 1.54) is 0 Å². The molecule has 1 aromatic carbocycles. The lowest BCUT2D eigenvalue weighted by molar-refractivity contribution is 0.0413. The number of ether oxygens (including phenoxy) is 2. The highest BCUT2D eigenvalue weighted by Gasteiger charge is 2.11. The number of carbonyl (C=O) groups excluding carboxylic acids is 1. The Kier molecular flexibility index (Phi) is 4.58. The highest BCUT2D eigenvalue weighted by molar-refractivity contribution is 5.86. The Morgan fingerprint density at radius 3 is 2.58 bits per heavy atom. The zero-order valence-corrected chi connectivity index (χ0v) is 10.4. The first-order valence-corrected chi connectivity index (χ1v) is 5.93. The van der Waals surface area contributed by atoms with Crippen molar-refractivity contribution in [2.45, 2.75) is 6.54 Å². The minimum atomic E-state index is -0.517. The van der Waals surface area contributed by atoms with Crippen molar-refractivity contribution in [3.8, 4) is 5.75 Å². The van der Waals surface area contributed by atoms with E-state index in [1.54, 1.807) is 12.1 Å². The molecule has 2 aromatic rings. The molecule has 5 heteroatoms. The molecule has 0 amide bonds. The van der Waals surface area contributed by atoms with E-state index in [1.807, 2.05) is 30.3 Å². The van der Waals surface area contributed by atoms with Crippen LogP contribution in [0.15, 0.2) is 46.9 Å². The molecule has 0 saturated carbocycles. The molecule has 5 nitrogen and oxygen atoms in total. The van der Waals surface area contributed by atoms with E-state index >= 15 is 0 Å². The first-order valence-electron chi connectivity index (χ1n) is 5.93. The van der Waals surface area contributed by atoms with Crippen LogP contribution in [0.3, 0.4) is 0 Å². The Morgan fingerprint density at radius 1 is 1.11 bits per heavy atom. The van der Waals surface area contributed by atoms with Crippen molar-refractivity contribution in [3.63, 3.8) is 0 Å². The molecule has 0 spiro atoms. The average molecular weight is 261 g/mol. The molecule has 2 rings (SSSR count). The highest BCUT2D eigenvalue weighted by Crippen LogP contribution is 2.09. The Hall–Kier alpha value is -2.27. The molecule has 0 bridgehead atoms. The lowest BCUT2D eigenvalue weighted by Gasteiger charge is -2.06. The van der Waals surface area contributed by atoms with E-state index in [-0.39, 0.29) is 18.9 Å². The van der Waals surface area contributed by atoms with Crippen LogP contribution in [0.1, 0.15) is 16.3 Å². The van der Waals surface area contributed by atoms with Crippen LogP contribution in [0.2, 0.25) is 0 Å². The van der Waals surface area contributed by atoms with Gasteiger partial charge in [-0.1, -0.05) is 18.2 Å². The van der Waals surface area contributed by atoms with Crippen LogP contribution in [-0.2, 0) is 11.3 Å². The van der Waals surface area contributed by atoms with Gasteiger partial charge in [0.05, 0.1) is 6.54 Å². The number of carbonyl (C=O) groups is 1. The number of para-hydroxylation sites is 1. The molecule has 0 unspecified atom stereocenters. The van der Waals surface area contributed by atoms with E-state index in [4.69, 9.17) is 19.6 Å². The second kappa shape index (κ2) is 6.61. The summed E-state index contributed by atoms with van der Waals surface area (Å²) in [5.41, 5.74) is 5.38. The highest BCUT2D eigenvalue weighted by atomic mass is 16.6. The van der Waals surface area contributed by atoms with Gasteiger partial charge in [-0.2, -0.15) is 0 Å². The van der Waals surface area contributed by atoms with E-state index in [0.29, 0.717) is 12.4 Å². The van der Waals surface area contributed by atoms with Gasteiger partial charge in [-0.15, -0.1) is 0 Å². The number of furan rings is 1. The summed E-state index contributed by atoms with van der Waals surface area (Å²) >= 11 is 0. The van der Waals surface area contributed by atoms with Crippen molar-refractivity contribution in [2.75, 3.05) is 13.2 Å². The van der Waals surface area contributed by atoms with Crippen molar-refractivity contribution >= 4 is 5.97 Å². The van der Waals surface area contributed by atoms with Gasteiger partial charge in [0.1, 0.15) is 24.7 Å². The maximum Gasteiger partial charge on any atom is 0.374 e. The molecule has 0 radical (unpaired) electrons. The van der Waals surface area contributed by atoms with Crippen molar-refractivity contribution < 1.29 is 18.7 Å². The molecule has 2 N–H and O–H groups in total. The normalized spacial score (nSPS) is 10.2. The number of nitrogens with two attached hydrogens (primary N) is 1. The molecule has 0 aliphatic heterocycles. The molecule has 19 heavy (non-hydrogen) atoms. The summed E-state index contributed by atoms with van der Waals surface area (Å²) in [6.45, 7) is 0.705. The van der Waals surface area contributed by atoms with Gasteiger partial charge >= 0.3 is 5.97 Å². The van der Waals surface area contributed by atoms with Gasteiger partial charge < -0.3 is 19.6 Å². The molecule has 0 atom stereocenters. The number of esters is 1. The van der Waals surface area contributed by atoms with E-state index < -0.39 is 5.97 Å². The number of hydrogen-bond donors (Lipinski definition) is 1. The molecule has 1 aromatic heterocycles. The molecular formula is C14H15NO4. The van der Waals surface area contributed by atoms with Gasteiger partial charge in [0.25, 0.3) is 0 Å². The van der Waals surface area contributed by atoms with Gasteiger partial charge in [-0.05, 0) is 24.3 Å². The smallest absolute Gasteiger partial charge is 0.374 e. The molecular weight excluding hydrogens is 246 g/mol. The second-order valence-corrected chi connectivity index (χ2v) is 3.77. The summed E-state index contributed by atoms with van der Waals surface area (Å²) in [7, 11) is 0. The quantitative estimate of drug-likeness (QED) is 0.635. The molecule has 0 aliphatic rings. The van der Waals surface area contributed by atoms with Crippen molar-refractivity contribution in [1.82, 2.24) is 0 Å². The lowest BCUT2D eigenvalue weighted by Crippen LogP contribution is -2.11. The molecule has 100 valence electrons. The van der Waals surface area contributed by atoms with Crippen LogP contribution < -0.4 is 10.5 Å². The predicted molar refractivity (Wildman–Crippen MR) is 68.8 cm³/mol. The van der Waals surface area contributed by atoms with Crippen LogP contribution in [0, 0.1) is 0 Å². The Labute approximate surface area is 110 Å². The van der Waals surface area contributed by atoms with Crippen molar-refractivity contribution in [2.24, 2.45) is 5.73 Å². The van der Waals surface area contributed by atoms with Crippen LogP contribution in [0.25, 0.3) is 0 Å². The molecule has 0 saturated heterocycles. The number of rotatable bonds is 6. The van der Waals surface area contributed by atoms with E-state index in [0.717, 1.165) is 5.75 Å². The third-order valence-corrected chi connectivity index (χ3v) is 2.39. The maximum atomic E-state index is 11.6. The fourth-order valence-electron chi connectivity index (χ4n) is 1.48. The van der Waals surface area contributed by atoms with E-state index in [2.05, 4.69) is 0 Å². The summed E-state index contributed by atoms with van der Waals surface area (Å²) in [5.74, 6) is 0.922. The summed E-state index contributed by atoms with van der Waals surface area (Å²) < 4.78 is 15.6. The van der Waals surface area contributed by atoms with Gasteiger partial charge in [0.15, 0.2) is 0 Å². The third-order valence-electron chi connectivity index (χ3n) is 2.39. The Morgan fingerprint density at radius 2 is 1.89 bits per heavy atom. The summed E-state index contributed by atoms with van der Waals surface area (Å²) in [5, 5.41) is 0. The first kappa shape index (κ1) is 13.2. The van der Waals surface area contributed by atoms with Crippen LogP contribution in [-0.4, -0.2) is 19.2 Å². The number of hydrogen-bond acceptors (Lipinski definition) is 5. The first-order chi connectivity index (χ1) is 9.29. The monoisotopic (exact) mass is 261 g/mol. The zero-order chi connectivity index (χ0) is 13.5. The van der Waals surface area contributed by atoms with Crippen molar-refractivity contribution in [3.05, 3.63) is 54.0 Å². The fraction of sp³-hybridized carbons (Fsp3) is 0.214. The average Bonchev–Trinajstić information content (AvgIpc) is 2.93. The topological polar surface area (TPSA) is 74.7 Å².